The molecule has 8 nitrogen and oxygen atoms in total. The van der Waals surface area contributed by atoms with Gasteiger partial charge in [0.1, 0.15) is 5.60 Å². The van der Waals surface area contributed by atoms with Gasteiger partial charge in [-0.1, -0.05) is 0 Å². The lowest BCUT2D eigenvalue weighted by molar-refractivity contribution is 0.0145. The van der Waals surface area contributed by atoms with E-state index >= 15 is 0 Å². The summed E-state index contributed by atoms with van der Waals surface area (Å²) in [6.45, 7) is 13.6. The van der Waals surface area contributed by atoms with Crippen molar-refractivity contribution in [2.75, 3.05) is 45.8 Å². The smallest absolute Gasteiger partial charge is 0.410 e. The number of piperazine rings is 1. The lowest BCUT2D eigenvalue weighted by atomic mass is 9.93. The number of aliphatic hydroxyl groups excluding tert-OH is 1. The third-order valence-corrected chi connectivity index (χ3v) is 5.31. The van der Waals surface area contributed by atoms with Gasteiger partial charge < -0.3 is 25.4 Å². The minimum atomic E-state index is -0.443. The summed E-state index contributed by atoms with van der Waals surface area (Å²) in [4.78, 5) is 21.0. The van der Waals surface area contributed by atoms with Gasteiger partial charge in [0.2, 0.25) is 0 Å². The molecule has 1 saturated carbocycles. The van der Waals surface area contributed by atoms with Crippen LogP contribution in [-0.4, -0.2) is 90.5 Å². The number of hydrogen-bond donors (Lipinski definition) is 3. The fourth-order valence-electron chi connectivity index (χ4n) is 3.70. The van der Waals surface area contributed by atoms with E-state index in [0.717, 1.165) is 83.9 Å². The molecule has 2 rings (SSSR count). The third kappa shape index (κ3) is 10.5. The van der Waals surface area contributed by atoms with Crippen LogP contribution in [0.1, 0.15) is 59.8 Å². The Bertz CT molecular complexity index is 525. The SMILES string of the molecule is CCNC(=NCCCN1CCN(C(=O)OC(C)(C)C)CC1)NC1CCC(O)CC1.I. The highest BCUT2D eigenvalue weighted by Gasteiger charge is 2.25. The molecule has 0 unspecified atom stereocenters. The normalized spacial score (nSPS) is 23.5. The number of halogens is 1. The van der Waals surface area contributed by atoms with Gasteiger partial charge in [0.25, 0.3) is 0 Å². The van der Waals surface area contributed by atoms with Crippen molar-refractivity contribution in [3.8, 4) is 0 Å². The summed E-state index contributed by atoms with van der Waals surface area (Å²) in [5.74, 6) is 0.878. The summed E-state index contributed by atoms with van der Waals surface area (Å²) < 4.78 is 5.45. The van der Waals surface area contributed by atoms with Gasteiger partial charge in [0, 0.05) is 51.9 Å². The monoisotopic (exact) mass is 539 g/mol. The van der Waals surface area contributed by atoms with Crippen LogP contribution in [0.3, 0.4) is 0 Å². The molecule has 0 atom stereocenters. The Morgan fingerprint density at radius 2 is 1.77 bits per heavy atom. The van der Waals surface area contributed by atoms with Crippen LogP contribution in [0.2, 0.25) is 0 Å². The average Bonchev–Trinajstić information content (AvgIpc) is 2.66. The van der Waals surface area contributed by atoms with Crippen LogP contribution in [0.15, 0.2) is 4.99 Å². The number of aliphatic imine (C=N–C) groups is 1. The molecule has 3 N–H and O–H groups in total. The van der Waals surface area contributed by atoms with E-state index in [0.29, 0.717) is 6.04 Å². The molecule has 1 heterocycles. The Balaban J connectivity index is 0.00000450. The molecule has 0 aromatic carbocycles. The van der Waals surface area contributed by atoms with Crippen LogP contribution < -0.4 is 10.6 Å². The molecule has 0 spiro atoms. The predicted octanol–water partition coefficient (Wildman–Crippen LogP) is 2.41. The van der Waals surface area contributed by atoms with E-state index in [1.54, 1.807) is 4.90 Å². The molecule has 176 valence electrons. The van der Waals surface area contributed by atoms with Gasteiger partial charge in [-0.15, -0.1) is 24.0 Å². The Hall–Kier alpha value is -0.810. The largest absolute Gasteiger partial charge is 0.444 e. The summed E-state index contributed by atoms with van der Waals surface area (Å²) in [5, 5.41) is 16.5. The standard InChI is InChI=1S/C21H41N5O3.HI/c1-5-22-19(24-17-7-9-18(27)10-8-17)23-11-6-12-25-13-15-26(16-14-25)20(28)29-21(2,3)4;/h17-18,27H,5-16H2,1-4H3,(H2,22,23,24);1H. The fraction of sp³-hybridized carbons (Fsp3) is 0.905. The second-order valence-corrected chi connectivity index (χ2v) is 9.07. The number of carbonyl (C=O) groups excluding carboxylic acids is 1. The minimum Gasteiger partial charge on any atom is -0.444 e. The van der Waals surface area contributed by atoms with Crippen LogP contribution in [-0.2, 0) is 4.74 Å². The van der Waals surface area contributed by atoms with Gasteiger partial charge in [-0.2, -0.15) is 0 Å². The van der Waals surface area contributed by atoms with Crippen molar-refractivity contribution >= 4 is 36.0 Å². The third-order valence-electron chi connectivity index (χ3n) is 5.31. The van der Waals surface area contributed by atoms with Crippen molar-refractivity contribution in [1.82, 2.24) is 20.4 Å². The number of ether oxygens (including phenoxy) is 1. The molecule has 0 aromatic rings. The van der Waals surface area contributed by atoms with Gasteiger partial charge in [-0.05, 0) is 59.8 Å². The Kier molecular flexibility index (Phi) is 12.3. The van der Waals surface area contributed by atoms with Crippen LogP contribution in [0.5, 0.6) is 0 Å². The summed E-state index contributed by atoms with van der Waals surface area (Å²) in [6, 6.07) is 0.400. The van der Waals surface area contributed by atoms with Gasteiger partial charge in [0.05, 0.1) is 6.10 Å². The fourth-order valence-corrected chi connectivity index (χ4v) is 3.70. The maximum absolute atomic E-state index is 12.1. The molecule has 0 bridgehead atoms. The molecule has 9 heteroatoms. The van der Waals surface area contributed by atoms with Crippen LogP contribution in [0, 0.1) is 0 Å². The number of hydrogen-bond acceptors (Lipinski definition) is 5. The maximum atomic E-state index is 12.1. The van der Waals surface area contributed by atoms with Crippen molar-refractivity contribution in [2.45, 2.75) is 77.5 Å². The number of guanidine groups is 1. The first-order valence-corrected chi connectivity index (χ1v) is 11.2. The van der Waals surface area contributed by atoms with E-state index in [4.69, 9.17) is 9.73 Å². The van der Waals surface area contributed by atoms with E-state index < -0.39 is 5.60 Å². The number of aliphatic hydroxyl groups is 1. The van der Waals surface area contributed by atoms with E-state index in [1.165, 1.54) is 0 Å². The van der Waals surface area contributed by atoms with E-state index in [2.05, 4.69) is 22.5 Å². The van der Waals surface area contributed by atoms with Crippen LogP contribution in [0.25, 0.3) is 0 Å². The Morgan fingerprint density at radius 3 is 2.33 bits per heavy atom. The zero-order chi connectivity index (χ0) is 21.3. The van der Waals surface area contributed by atoms with E-state index in [9.17, 15) is 9.90 Å². The summed E-state index contributed by atoms with van der Waals surface area (Å²) >= 11 is 0. The Morgan fingerprint density at radius 1 is 1.13 bits per heavy atom. The quantitative estimate of drug-likeness (QED) is 0.208. The Labute approximate surface area is 199 Å². The lowest BCUT2D eigenvalue weighted by Gasteiger charge is -2.35. The maximum Gasteiger partial charge on any atom is 0.410 e. The highest BCUT2D eigenvalue weighted by molar-refractivity contribution is 14.0. The molecule has 1 aliphatic carbocycles. The molecule has 1 amide bonds. The molecule has 2 aliphatic rings. The zero-order valence-corrected chi connectivity index (χ0v) is 21.5. The first-order valence-electron chi connectivity index (χ1n) is 11.2. The number of amides is 1. The molecule has 0 radical (unpaired) electrons. The van der Waals surface area contributed by atoms with Crippen molar-refractivity contribution < 1.29 is 14.6 Å². The molecular weight excluding hydrogens is 497 g/mol. The molecule has 2 fully saturated rings. The van der Waals surface area contributed by atoms with Gasteiger partial charge >= 0.3 is 6.09 Å². The van der Waals surface area contributed by atoms with Gasteiger partial charge in [-0.25, -0.2) is 4.79 Å². The summed E-state index contributed by atoms with van der Waals surface area (Å²) in [7, 11) is 0. The molecule has 1 aliphatic heterocycles. The van der Waals surface area contributed by atoms with Crippen molar-refractivity contribution in [3.63, 3.8) is 0 Å². The highest BCUT2D eigenvalue weighted by atomic mass is 127. The summed E-state index contributed by atoms with van der Waals surface area (Å²) in [5.41, 5.74) is -0.443. The number of carbonyl (C=O) groups is 1. The summed E-state index contributed by atoms with van der Waals surface area (Å²) in [6.07, 6.45) is 4.37. The number of rotatable bonds is 6. The molecule has 1 saturated heterocycles. The first-order chi connectivity index (χ1) is 13.8. The molecule has 0 aromatic heterocycles. The van der Waals surface area contributed by atoms with Crippen LogP contribution in [0.4, 0.5) is 4.79 Å². The number of nitrogens with zero attached hydrogens (tertiary/aromatic N) is 3. The van der Waals surface area contributed by atoms with Crippen molar-refractivity contribution in [1.29, 1.82) is 0 Å². The van der Waals surface area contributed by atoms with Gasteiger partial charge in [-0.3, -0.25) is 9.89 Å². The molecule has 30 heavy (non-hydrogen) atoms. The highest BCUT2D eigenvalue weighted by Crippen LogP contribution is 2.18. The van der Waals surface area contributed by atoms with E-state index in [1.807, 2.05) is 20.8 Å². The van der Waals surface area contributed by atoms with Crippen LogP contribution >= 0.6 is 24.0 Å². The van der Waals surface area contributed by atoms with Gasteiger partial charge in [0.15, 0.2) is 5.96 Å². The minimum absolute atomic E-state index is 0. The second-order valence-electron chi connectivity index (χ2n) is 9.07. The predicted molar refractivity (Wildman–Crippen MR) is 132 cm³/mol. The zero-order valence-electron chi connectivity index (χ0n) is 19.2. The van der Waals surface area contributed by atoms with Crippen molar-refractivity contribution in [3.05, 3.63) is 0 Å². The topological polar surface area (TPSA) is 89.4 Å². The average molecular weight is 540 g/mol. The number of nitrogens with one attached hydrogen (secondary N) is 2. The lowest BCUT2D eigenvalue weighted by Crippen LogP contribution is -2.50. The second kappa shape index (κ2) is 13.6. The first kappa shape index (κ1) is 27.2. The molecular formula is C21H42IN5O3. The van der Waals surface area contributed by atoms with E-state index in [-0.39, 0.29) is 36.2 Å². The van der Waals surface area contributed by atoms with Crippen molar-refractivity contribution in [2.24, 2.45) is 4.99 Å².